The van der Waals surface area contributed by atoms with E-state index in [9.17, 15) is 4.79 Å². The van der Waals surface area contributed by atoms with Crippen LogP contribution >= 0.6 is 11.6 Å². The van der Waals surface area contributed by atoms with E-state index in [-0.39, 0.29) is 19.1 Å². The average Bonchev–Trinajstić information content (AvgIpc) is 2.40. The van der Waals surface area contributed by atoms with Crippen LogP contribution in [-0.2, 0) is 4.79 Å². The van der Waals surface area contributed by atoms with E-state index in [0.29, 0.717) is 17.3 Å². The molecule has 110 valence electrons. The molecule has 0 unspecified atom stereocenters. The van der Waals surface area contributed by atoms with Gasteiger partial charge in [-0.05, 0) is 38.1 Å². The van der Waals surface area contributed by atoms with Gasteiger partial charge in [-0.1, -0.05) is 17.7 Å². The van der Waals surface area contributed by atoms with Gasteiger partial charge in [0, 0.05) is 18.1 Å². The largest absolute Gasteiger partial charge is 0.478 e. The van der Waals surface area contributed by atoms with Crippen molar-refractivity contribution in [2.24, 2.45) is 0 Å². The highest BCUT2D eigenvalue weighted by molar-refractivity contribution is 6.30. The van der Waals surface area contributed by atoms with Crippen LogP contribution in [0, 0.1) is 0 Å². The van der Waals surface area contributed by atoms with Crippen LogP contribution in [0.5, 0.6) is 5.75 Å². The molecule has 0 atom stereocenters. The smallest absolute Gasteiger partial charge is 0.266 e. The van der Waals surface area contributed by atoms with Crippen LogP contribution in [0.25, 0.3) is 0 Å². The number of benzene rings is 1. The molecule has 4 nitrogen and oxygen atoms in total. The lowest BCUT2D eigenvalue weighted by Crippen LogP contribution is -2.49. The second kappa shape index (κ2) is 7.31. The number of rotatable bonds is 7. The minimum absolute atomic E-state index is 0.101. The Balaban J connectivity index is 2.81. The number of aliphatic hydroxyl groups is 1. The third-order valence-electron chi connectivity index (χ3n) is 2.71. The Morgan fingerprint density at radius 3 is 2.55 bits per heavy atom. The summed E-state index contributed by atoms with van der Waals surface area (Å²) in [6, 6.07) is 6.82. The molecule has 0 saturated heterocycles. The third-order valence-corrected chi connectivity index (χ3v) is 2.96. The molecule has 1 rings (SSSR count). The summed E-state index contributed by atoms with van der Waals surface area (Å²) in [5, 5.41) is 9.62. The van der Waals surface area contributed by atoms with Crippen LogP contribution in [0.15, 0.2) is 36.9 Å². The summed E-state index contributed by atoms with van der Waals surface area (Å²) >= 11 is 5.81. The fourth-order valence-corrected chi connectivity index (χ4v) is 1.90. The first-order chi connectivity index (χ1) is 9.40. The minimum atomic E-state index is -1.04. The van der Waals surface area contributed by atoms with Crippen LogP contribution in [0.4, 0.5) is 0 Å². The van der Waals surface area contributed by atoms with Crippen molar-refractivity contribution >= 4 is 17.5 Å². The molecular formula is C15H20ClNO3. The highest BCUT2D eigenvalue weighted by Crippen LogP contribution is 2.22. The van der Waals surface area contributed by atoms with E-state index in [2.05, 4.69) is 6.58 Å². The van der Waals surface area contributed by atoms with Gasteiger partial charge in [0.15, 0.2) is 5.60 Å². The molecule has 0 bridgehead atoms. The molecule has 0 spiro atoms. The Hall–Kier alpha value is -1.52. The molecule has 20 heavy (non-hydrogen) atoms. The minimum Gasteiger partial charge on any atom is -0.478 e. The Morgan fingerprint density at radius 1 is 1.45 bits per heavy atom. The van der Waals surface area contributed by atoms with E-state index >= 15 is 0 Å². The van der Waals surface area contributed by atoms with Crippen LogP contribution in [0.2, 0.25) is 5.02 Å². The number of carbonyl (C=O) groups excluding carboxylic acids is 1. The molecule has 0 aliphatic rings. The molecule has 1 amide bonds. The first-order valence-corrected chi connectivity index (χ1v) is 6.74. The second-order valence-corrected chi connectivity index (χ2v) is 5.27. The molecule has 0 aliphatic carbocycles. The van der Waals surface area contributed by atoms with Crippen molar-refractivity contribution in [1.29, 1.82) is 0 Å². The Kier molecular flexibility index (Phi) is 6.05. The van der Waals surface area contributed by atoms with E-state index < -0.39 is 5.60 Å². The van der Waals surface area contributed by atoms with E-state index in [1.807, 2.05) is 0 Å². The maximum absolute atomic E-state index is 12.4. The zero-order valence-electron chi connectivity index (χ0n) is 11.8. The van der Waals surface area contributed by atoms with Crippen LogP contribution in [-0.4, -0.2) is 41.2 Å². The van der Waals surface area contributed by atoms with Gasteiger partial charge in [0.05, 0.1) is 6.61 Å². The zero-order valence-corrected chi connectivity index (χ0v) is 12.6. The van der Waals surface area contributed by atoms with Gasteiger partial charge >= 0.3 is 0 Å². The average molecular weight is 298 g/mol. The number of aliphatic hydroxyl groups excluding tert-OH is 1. The molecule has 0 fully saturated rings. The van der Waals surface area contributed by atoms with Crippen molar-refractivity contribution in [3.05, 3.63) is 41.9 Å². The normalized spacial score (nSPS) is 11.0. The Bertz CT molecular complexity index is 457. The molecular weight excluding hydrogens is 278 g/mol. The molecule has 0 aromatic heterocycles. The number of ether oxygens (including phenoxy) is 1. The molecule has 1 N–H and O–H groups in total. The highest BCUT2D eigenvalue weighted by Gasteiger charge is 2.33. The van der Waals surface area contributed by atoms with E-state index in [0.717, 1.165) is 0 Å². The summed E-state index contributed by atoms with van der Waals surface area (Å²) in [6.45, 7) is 7.51. The third kappa shape index (κ3) is 4.54. The van der Waals surface area contributed by atoms with Crippen molar-refractivity contribution in [1.82, 2.24) is 4.90 Å². The lowest BCUT2D eigenvalue weighted by Gasteiger charge is -2.31. The summed E-state index contributed by atoms with van der Waals surface area (Å²) in [4.78, 5) is 13.9. The predicted molar refractivity (Wildman–Crippen MR) is 80.0 cm³/mol. The van der Waals surface area contributed by atoms with Crippen molar-refractivity contribution in [2.75, 3.05) is 19.7 Å². The van der Waals surface area contributed by atoms with Crippen LogP contribution in [0.1, 0.15) is 13.8 Å². The maximum atomic E-state index is 12.4. The fourth-order valence-electron chi connectivity index (χ4n) is 1.77. The van der Waals surface area contributed by atoms with Crippen molar-refractivity contribution in [3.8, 4) is 5.75 Å². The van der Waals surface area contributed by atoms with Crippen LogP contribution < -0.4 is 4.74 Å². The van der Waals surface area contributed by atoms with Gasteiger partial charge in [0.1, 0.15) is 5.75 Å². The number of halogens is 1. The number of hydrogen-bond donors (Lipinski definition) is 1. The predicted octanol–water partition coefficient (Wildman–Crippen LogP) is 2.50. The van der Waals surface area contributed by atoms with Gasteiger partial charge in [0.25, 0.3) is 5.91 Å². The standard InChI is InChI=1S/C15H20ClNO3/c1-4-9-17(10-11-18)14(19)15(2,3)20-13-7-5-12(16)6-8-13/h4-8,18H,1,9-11H2,2-3H3. The number of carbonyl (C=O) groups is 1. The SMILES string of the molecule is C=CCN(CCO)C(=O)C(C)(C)Oc1ccc(Cl)cc1. The van der Waals surface area contributed by atoms with Crippen LogP contribution in [0.3, 0.4) is 0 Å². The van der Waals surface area contributed by atoms with E-state index in [4.69, 9.17) is 21.4 Å². The topological polar surface area (TPSA) is 49.8 Å². The quantitative estimate of drug-likeness (QED) is 0.787. The molecule has 0 saturated carbocycles. The molecule has 0 heterocycles. The van der Waals surface area contributed by atoms with E-state index in [1.54, 1.807) is 44.2 Å². The molecule has 1 aromatic rings. The van der Waals surface area contributed by atoms with Crippen molar-refractivity contribution in [3.63, 3.8) is 0 Å². The summed E-state index contributed by atoms with van der Waals surface area (Å²) in [7, 11) is 0. The first kappa shape index (κ1) is 16.5. The van der Waals surface area contributed by atoms with Gasteiger partial charge in [-0.15, -0.1) is 6.58 Å². The monoisotopic (exact) mass is 297 g/mol. The number of hydrogen-bond acceptors (Lipinski definition) is 3. The maximum Gasteiger partial charge on any atom is 0.266 e. The lowest BCUT2D eigenvalue weighted by atomic mass is 10.1. The fraction of sp³-hybridized carbons (Fsp3) is 0.400. The van der Waals surface area contributed by atoms with Crippen molar-refractivity contribution < 1.29 is 14.6 Å². The Morgan fingerprint density at radius 2 is 2.05 bits per heavy atom. The summed E-state index contributed by atoms with van der Waals surface area (Å²) < 4.78 is 5.73. The van der Waals surface area contributed by atoms with Gasteiger partial charge in [-0.3, -0.25) is 4.79 Å². The Labute approximate surface area is 124 Å². The highest BCUT2D eigenvalue weighted by atomic mass is 35.5. The zero-order chi connectivity index (χ0) is 15.2. The summed E-state index contributed by atoms with van der Waals surface area (Å²) in [6.07, 6.45) is 1.62. The van der Waals surface area contributed by atoms with E-state index in [1.165, 1.54) is 4.90 Å². The second-order valence-electron chi connectivity index (χ2n) is 4.83. The van der Waals surface area contributed by atoms with Gasteiger partial charge in [-0.2, -0.15) is 0 Å². The lowest BCUT2D eigenvalue weighted by molar-refractivity contribution is -0.145. The molecule has 0 radical (unpaired) electrons. The molecule has 5 heteroatoms. The summed E-state index contributed by atoms with van der Waals surface area (Å²) in [5.74, 6) is 0.358. The number of amides is 1. The summed E-state index contributed by atoms with van der Waals surface area (Å²) in [5.41, 5.74) is -1.04. The number of nitrogens with zero attached hydrogens (tertiary/aromatic N) is 1. The van der Waals surface area contributed by atoms with Crippen molar-refractivity contribution in [2.45, 2.75) is 19.4 Å². The molecule has 0 aliphatic heterocycles. The molecule has 1 aromatic carbocycles. The van der Waals surface area contributed by atoms with Gasteiger partial charge in [0.2, 0.25) is 0 Å². The van der Waals surface area contributed by atoms with Gasteiger partial charge < -0.3 is 14.7 Å². The van der Waals surface area contributed by atoms with Gasteiger partial charge in [-0.25, -0.2) is 0 Å². The first-order valence-electron chi connectivity index (χ1n) is 6.36.